The van der Waals surface area contributed by atoms with E-state index in [0.29, 0.717) is 5.52 Å². The minimum Gasteiger partial charge on any atom is -0.348 e. The van der Waals surface area contributed by atoms with Crippen LogP contribution in [0.2, 0.25) is 0 Å². The number of aryl methyl sites for hydroxylation is 2. The molecule has 28 heavy (non-hydrogen) atoms. The topological polar surface area (TPSA) is 75.5 Å². The number of nitrogens with zero attached hydrogens (tertiary/aromatic N) is 2. The maximum absolute atomic E-state index is 13.0. The molecule has 0 saturated heterocycles. The van der Waals surface area contributed by atoms with Gasteiger partial charge in [0.05, 0.1) is 5.52 Å². The summed E-state index contributed by atoms with van der Waals surface area (Å²) in [5.41, 5.74) is 3.71. The Morgan fingerprint density at radius 1 is 1.11 bits per heavy atom. The van der Waals surface area contributed by atoms with Gasteiger partial charge in [0.2, 0.25) is 5.82 Å². The lowest BCUT2D eigenvalue weighted by Crippen LogP contribution is -2.32. The number of carbonyl (C=O) groups excluding carboxylic acids is 2. The molecule has 2 N–H and O–H groups in total. The monoisotopic (exact) mass is 378 g/mol. The van der Waals surface area contributed by atoms with Crippen LogP contribution in [0.25, 0.3) is 5.52 Å². The fraction of sp³-hybridized carbons (Fsp3) is 0.318. The average Bonchev–Trinajstić information content (AvgIpc) is 3.09. The van der Waals surface area contributed by atoms with Gasteiger partial charge in [0.25, 0.3) is 11.8 Å². The van der Waals surface area contributed by atoms with Gasteiger partial charge < -0.3 is 10.6 Å². The molecule has 0 spiro atoms. The predicted molar refractivity (Wildman–Crippen MR) is 111 cm³/mol. The lowest BCUT2D eigenvalue weighted by Gasteiger charge is -2.12. The number of nitrogens with one attached hydrogen (secondary N) is 2. The maximum Gasteiger partial charge on any atom is 0.292 e. The van der Waals surface area contributed by atoms with Crippen molar-refractivity contribution >= 4 is 23.0 Å². The number of anilines is 1. The number of carbonyl (C=O) groups is 2. The van der Waals surface area contributed by atoms with Gasteiger partial charge in [0, 0.05) is 17.9 Å². The van der Waals surface area contributed by atoms with E-state index in [-0.39, 0.29) is 29.4 Å². The molecule has 3 rings (SSSR count). The Balaban J connectivity index is 2.00. The second kappa shape index (κ2) is 8.25. The molecule has 1 aromatic carbocycles. The van der Waals surface area contributed by atoms with Crippen LogP contribution in [-0.2, 0) is 6.42 Å². The molecule has 2 aromatic heterocycles. The van der Waals surface area contributed by atoms with Crippen LogP contribution >= 0.6 is 0 Å². The van der Waals surface area contributed by atoms with Gasteiger partial charge in [-0.05, 0) is 49.9 Å². The molecule has 0 aliphatic rings. The van der Waals surface area contributed by atoms with E-state index in [1.54, 1.807) is 16.7 Å². The highest BCUT2D eigenvalue weighted by Crippen LogP contribution is 2.22. The van der Waals surface area contributed by atoms with E-state index in [2.05, 4.69) is 15.6 Å². The van der Waals surface area contributed by atoms with Gasteiger partial charge in [-0.15, -0.1) is 0 Å². The van der Waals surface area contributed by atoms with E-state index in [4.69, 9.17) is 0 Å². The summed E-state index contributed by atoms with van der Waals surface area (Å²) in [6.07, 6.45) is 3.37. The Morgan fingerprint density at radius 3 is 2.61 bits per heavy atom. The number of pyridine rings is 1. The first-order chi connectivity index (χ1) is 13.5. The molecule has 0 aliphatic heterocycles. The van der Waals surface area contributed by atoms with E-state index in [1.165, 1.54) is 0 Å². The fourth-order valence-corrected chi connectivity index (χ4v) is 3.13. The molecule has 1 atom stereocenters. The Labute approximate surface area is 165 Å². The van der Waals surface area contributed by atoms with Crippen LogP contribution in [0.5, 0.6) is 0 Å². The zero-order chi connectivity index (χ0) is 20.3. The van der Waals surface area contributed by atoms with Crippen LogP contribution in [0.3, 0.4) is 0 Å². The van der Waals surface area contributed by atoms with Gasteiger partial charge in [-0.3, -0.25) is 14.0 Å². The van der Waals surface area contributed by atoms with E-state index in [0.717, 1.165) is 29.7 Å². The van der Waals surface area contributed by atoms with Crippen molar-refractivity contribution in [2.24, 2.45) is 0 Å². The molecule has 1 unspecified atom stereocenters. The highest BCUT2D eigenvalue weighted by molar-refractivity contribution is 6.06. The molecule has 0 saturated carbocycles. The fourth-order valence-electron chi connectivity index (χ4n) is 3.13. The summed E-state index contributed by atoms with van der Waals surface area (Å²) in [5.74, 6) is -0.426. The van der Waals surface area contributed by atoms with Crippen LogP contribution in [0, 0.1) is 6.92 Å². The Hall–Kier alpha value is -3.15. The first-order valence-electron chi connectivity index (χ1n) is 9.64. The zero-order valence-electron chi connectivity index (χ0n) is 16.7. The van der Waals surface area contributed by atoms with Gasteiger partial charge in [0.1, 0.15) is 0 Å². The summed E-state index contributed by atoms with van der Waals surface area (Å²) in [4.78, 5) is 30.1. The number of hydrogen-bond acceptors (Lipinski definition) is 3. The van der Waals surface area contributed by atoms with Crippen molar-refractivity contribution < 1.29 is 9.59 Å². The molecule has 0 radical (unpaired) electrons. The van der Waals surface area contributed by atoms with Crippen LogP contribution in [-0.4, -0.2) is 27.2 Å². The molecular weight excluding hydrogens is 352 g/mol. The van der Waals surface area contributed by atoms with Crippen molar-refractivity contribution in [3.8, 4) is 0 Å². The van der Waals surface area contributed by atoms with Crippen molar-refractivity contribution in [2.75, 3.05) is 5.32 Å². The van der Waals surface area contributed by atoms with Crippen LogP contribution in [0.1, 0.15) is 59.4 Å². The van der Waals surface area contributed by atoms with E-state index < -0.39 is 0 Å². The van der Waals surface area contributed by atoms with Crippen LogP contribution in [0.4, 0.5) is 5.69 Å². The molecular formula is C22H26N4O2. The molecule has 146 valence electrons. The number of imidazole rings is 1. The molecule has 0 bridgehead atoms. The summed E-state index contributed by atoms with van der Waals surface area (Å²) < 4.78 is 1.66. The van der Waals surface area contributed by atoms with Crippen molar-refractivity contribution in [2.45, 2.75) is 46.6 Å². The van der Waals surface area contributed by atoms with Crippen LogP contribution < -0.4 is 10.6 Å². The summed E-state index contributed by atoms with van der Waals surface area (Å²) in [6.45, 7) is 7.95. The van der Waals surface area contributed by atoms with E-state index in [1.807, 2.05) is 58.0 Å². The third-order valence-electron chi connectivity index (χ3n) is 4.93. The van der Waals surface area contributed by atoms with Crippen molar-refractivity contribution in [3.05, 3.63) is 65.2 Å². The maximum atomic E-state index is 13.0. The van der Waals surface area contributed by atoms with Gasteiger partial charge in [-0.1, -0.05) is 38.1 Å². The number of para-hydroxylation sites is 1. The van der Waals surface area contributed by atoms with Crippen molar-refractivity contribution in [1.29, 1.82) is 0 Å². The quantitative estimate of drug-likeness (QED) is 0.681. The number of aromatic nitrogens is 2. The summed E-state index contributed by atoms with van der Waals surface area (Å²) in [7, 11) is 0. The summed E-state index contributed by atoms with van der Waals surface area (Å²) >= 11 is 0. The van der Waals surface area contributed by atoms with Gasteiger partial charge in [-0.2, -0.15) is 0 Å². The van der Waals surface area contributed by atoms with Gasteiger partial charge in [-0.25, -0.2) is 4.98 Å². The smallest absolute Gasteiger partial charge is 0.292 e. The van der Waals surface area contributed by atoms with Gasteiger partial charge >= 0.3 is 0 Å². The minimum atomic E-state index is -0.340. The standard InChI is InChI=1S/C22H26N4O2/c1-5-15(4)23-21(27)19-17-12-7-8-13-26(17)20(24-19)22(28)25-18-14(3)10-9-11-16(18)6-2/h7-13,15H,5-6H2,1-4H3,(H,23,27)(H,25,28). The van der Waals surface area contributed by atoms with Gasteiger partial charge in [0.15, 0.2) is 5.69 Å². The number of hydrogen-bond donors (Lipinski definition) is 2. The average molecular weight is 378 g/mol. The Morgan fingerprint density at radius 2 is 1.89 bits per heavy atom. The van der Waals surface area contributed by atoms with Crippen molar-refractivity contribution in [3.63, 3.8) is 0 Å². The molecule has 0 aliphatic carbocycles. The molecule has 3 aromatic rings. The SMILES string of the molecule is CCc1cccc(C)c1NC(=O)c1nc(C(=O)NC(C)CC)c2ccccn12. The molecule has 6 nitrogen and oxygen atoms in total. The Kier molecular flexibility index (Phi) is 5.78. The number of fused-ring (bicyclic) bond motifs is 1. The van der Waals surface area contributed by atoms with Crippen LogP contribution in [0.15, 0.2) is 42.6 Å². The second-order valence-electron chi connectivity index (χ2n) is 6.94. The third-order valence-corrected chi connectivity index (χ3v) is 4.93. The van der Waals surface area contributed by atoms with E-state index >= 15 is 0 Å². The van der Waals surface area contributed by atoms with Crippen molar-refractivity contribution in [1.82, 2.24) is 14.7 Å². The first-order valence-corrected chi connectivity index (χ1v) is 9.64. The lowest BCUT2D eigenvalue weighted by atomic mass is 10.1. The summed E-state index contributed by atoms with van der Waals surface area (Å²) in [5, 5.41) is 5.91. The third kappa shape index (κ3) is 3.76. The highest BCUT2D eigenvalue weighted by Gasteiger charge is 2.23. The minimum absolute atomic E-state index is 0.0318. The molecule has 0 fully saturated rings. The number of benzene rings is 1. The number of amides is 2. The second-order valence-corrected chi connectivity index (χ2v) is 6.94. The molecule has 6 heteroatoms. The van der Waals surface area contributed by atoms with E-state index in [9.17, 15) is 9.59 Å². The number of rotatable bonds is 6. The first kappa shape index (κ1) is 19.6. The largest absolute Gasteiger partial charge is 0.348 e. The lowest BCUT2D eigenvalue weighted by molar-refractivity contribution is 0.0936. The molecule has 2 heterocycles. The predicted octanol–water partition coefficient (Wildman–Crippen LogP) is 3.99. The Bertz CT molecular complexity index is 1020. The molecule has 2 amide bonds. The zero-order valence-corrected chi connectivity index (χ0v) is 16.7. The summed E-state index contributed by atoms with van der Waals surface area (Å²) in [6, 6.07) is 11.4. The highest BCUT2D eigenvalue weighted by atomic mass is 16.2. The normalized spacial score (nSPS) is 12.0.